The van der Waals surface area contributed by atoms with Gasteiger partial charge in [0.15, 0.2) is 0 Å². The first kappa shape index (κ1) is 6.88. The Balaban J connectivity index is 3.23. The normalized spacial score (nSPS) is 8.70. The molecule has 0 aliphatic heterocycles. The number of rotatable bonds is 0. The van der Waals surface area contributed by atoms with Crippen LogP contribution in [0.15, 0.2) is 12.3 Å². The van der Waals surface area contributed by atoms with E-state index in [1.807, 2.05) is 27.8 Å². The minimum absolute atomic E-state index is 0.519. The molecule has 4 heteroatoms. The van der Waals surface area contributed by atoms with E-state index in [-0.39, 0.29) is 0 Å². The Morgan fingerprint density at radius 3 is 2.70 bits per heavy atom. The van der Waals surface area contributed by atoms with Gasteiger partial charge in [-0.2, -0.15) is 5.26 Å². The summed E-state index contributed by atoms with van der Waals surface area (Å²) in [6.45, 7) is 0. The monoisotopic (exact) mass is 128 g/mol. The second-order valence-electron chi connectivity index (χ2n) is 2.29. The predicted octanol–water partition coefficient (Wildman–Crippen LogP) is -2.53. The van der Waals surface area contributed by atoms with Crippen LogP contribution in [0.3, 0.4) is 0 Å². The lowest BCUT2D eigenvalue weighted by Crippen LogP contribution is -2.18. The van der Waals surface area contributed by atoms with Crippen molar-refractivity contribution in [2.75, 3.05) is 0 Å². The van der Waals surface area contributed by atoms with E-state index in [4.69, 9.17) is 5.26 Å². The SMILES string of the molecule is Bc1cnc(C#N)c(B)c1. The topological polar surface area (TPSA) is 36.7 Å². The standard InChI is InChI=1S/C6H6B2N2/c7-4-1-5(8)6(2-9)10-3-4/h1,3H,7-8H2. The molecule has 1 aromatic heterocycles. The number of pyridine rings is 1. The predicted molar refractivity (Wildman–Crippen MR) is 45.3 cm³/mol. The molecule has 0 aromatic carbocycles. The van der Waals surface area contributed by atoms with Gasteiger partial charge in [0.05, 0.1) is 0 Å². The zero-order valence-electron chi connectivity index (χ0n) is 6.05. The summed E-state index contributed by atoms with van der Waals surface area (Å²) in [5.41, 5.74) is 2.56. The number of hydrogen-bond acceptors (Lipinski definition) is 2. The lowest BCUT2D eigenvalue weighted by Gasteiger charge is -1.95. The van der Waals surface area contributed by atoms with E-state index in [1.165, 1.54) is 0 Å². The van der Waals surface area contributed by atoms with E-state index in [2.05, 4.69) is 4.98 Å². The van der Waals surface area contributed by atoms with Gasteiger partial charge in [0.2, 0.25) is 0 Å². The minimum Gasteiger partial charge on any atom is -0.247 e. The molecule has 0 spiro atoms. The van der Waals surface area contributed by atoms with Crippen LogP contribution in [0.2, 0.25) is 0 Å². The average molecular weight is 128 g/mol. The van der Waals surface area contributed by atoms with Crippen LogP contribution in [-0.4, -0.2) is 20.7 Å². The Labute approximate surface area is 61.7 Å². The minimum atomic E-state index is 0.519. The zero-order chi connectivity index (χ0) is 7.56. The number of hydrogen-bond donors (Lipinski definition) is 0. The number of nitrogens with zero attached hydrogens (tertiary/aromatic N) is 2. The first-order chi connectivity index (χ1) is 4.74. The fraction of sp³-hybridized carbons (Fsp3) is 0. The first-order valence-electron chi connectivity index (χ1n) is 3.07. The molecule has 0 atom stereocenters. The van der Waals surface area contributed by atoms with Gasteiger partial charge in [0, 0.05) is 6.20 Å². The van der Waals surface area contributed by atoms with Crippen molar-refractivity contribution in [3.8, 4) is 6.07 Å². The highest BCUT2D eigenvalue weighted by molar-refractivity contribution is 6.38. The summed E-state index contributed by atoms with van der Waals surface area (Å²) < 4.78 is 0. The van der Waals surface area contributed by atoms with Gasteiger partial charge in [-0.05, 0) is 0 Å². The molecule has 0 fully saturated rings. The summed E-state index contributed by atoms with van der Waals surface area (Å²) >= 11 is 0. The third-order valence-electron chi connectivity index (χ3n) is 1.32. The van der Waals surface area contributed by atoms with Crippen molar-refractivity contribution < 1.29 is 0 Å². The summed E-state index contributed by atoms with van der Waals surface area (Å²) in [6.07, 6.45) is 1.70. The number of aromatic nitrogens is 1. The van der Waals surface area contributed by atoms with Crippen molar-refractivity contribution in [3.05, 3.63) is 18.0 Å². The Hall–Kier alpha value is -1.23. The average Bonchev–Trinajstić information content (AvgIpc) is 1.88. The maximum absolute atomic E-state index is 8.50. The second-order valence-corrected chi connectivity index (χ2v) is 2.29. The van der Waals surface area contributed by atoms with E-state index >= 15 is 0 Å². The van der Waals surface area contributed by atoms with Gasteiger partial charge in [-0.15, -0.1) is 0 Å². The Morgan fingerprint density at radius 1 is 1.50 bits per heavy atom. The Morgan fingerprint density at radius 2 is 2.20 bits per heavy atom. The largest absolute Gasteiger partial charge is 0.247 e. The molecular formula is C6H6B2N2. The molecule has 0 radical (unpaired) electrons. The van der Waals surface area contributed by atoms with Gasteiger partial charge < -0.3 is 0 Å². The quantitative estimate of drug-likeness (QED) is 0.361. The molecule has 1 aromatic rings. The lowest BCUT2D eigenvalue weighted by atomic mass is 9.88. The van der Waals surface area contributed by atoms with Crippen molar-refractivity contribution >= 4 is 26.6 Å². The molecule has 0 aliphatic carbocycles. The molecule has 1 heterocycles. The van der Waals surface area contributed by atoms with Crippen LogP contribution < -0.4 is 10.9 Å². The fourth-order valence-corrected chi connectivity index (χ4v) is 0.832. The van der Waals surface area contributed by atoms with Gasteiger partial charge in [-0.1, -0.05) is 17.0 Å². The van der Waals surface area contributed by atoms with Crippen LogP contribution in [0.5, 0.6) is 0 Å². The third-order valence-corrected chi connectivity index (χ3v) is 1.32. The summed E-state index contributed by atoms with van der Waals surface area (Å²) in [5, 5.41) is 8.50. The van der Waals surface area contributed by atoms with Gasteiger partial charge >= 0.3 is 0 Å². The Bertz CT molecular complexity index is 290. The van der Waals surface area contributed by atoms with Gasteiger partial charge in [-0.25, -0.2) is 4.98 Å². The van der Waals surface area contributed by atoms with Crippen LogP contribution in [0, 0.1) is 11.3 Å². The summed E-state index contributed by atoms with van der Waals surface area (Å²) in [6, 6.07) is 3.96. The highest BCUT2D eigenvalue weighted by atomic mass is 14.7. The highest BCUT2D eigenvalue weighted by Crippen LogP contribution is 1.80. The van der Waals surface area contributed by atoms with Crippen LogP contribution in [0.1, 0.15) is 5.69 Å². The van der Waals surface area contributed by atoms with Gasteiger partial charge in [0.1, 0.15) is 27.5 Å². The molecular weight excluding hydrogens is 122 g/mol. The first-order valence-corrected chi connectivity index (χ1v) is 3.07. The molecule has 0 saturated heterocycles. The van der Waals surface area contributed by atoms with Crippen LogP contribution >= 0.6 is 0 Å². The summed E-state index contributed by atoms with van der Waals surface area (Å²) in [4.78, 5) is 3.94. The van der Waals surface area contributed by atoms with Crippen LogP contribution in [-0.2, 0) is 0 Å². The van der Waals surface area contributed by atoms with Gasteiger partial charge in [0.25, 0.3) is 0 Å². The highest BCUT2D eigenvalue weighted by Gasteiger charge is 1.95. The van der Waals surface area contributed by atoms with E-state index in [0.29, 0.717) is 5.69 Å². The maximum atomic E-state index is 8.50. The van der Waals surface area contributed by atoms with Gasteiger partial charge in [-0.3, -0.25) is 0 Å². The third kappa shape index (κ3) is 1.19. The van der Waals surface area contributed by atoms with Crippen molar-refractivity contribution in [3.63, 3.8) is 0 Å². The van der Waals surface area contributed by atoms with Crippen molar-refractivity contribution in [1.82, 2.24) is 4.98 Å². The van der Waals surface area contributed by atoms with Crippen LogP contribution in [0.25, 0.3) is 0 Å². The smallest absolute Gasteiger partial charge is 0.143 e. The summed E-state index contributed by atoms with van der Waals surface area (Å²) in [7, 11) is 3.85. The van der Waals surface area contributed by atoms with Crippen molar-refractivity contribution in [2.45, 2.75) is 0 Å². The van der Waals surface area contributed by atoms with Crippen molar-refractivity contribution in [1.29, 1.82) is 5.26 Å². The molecule has 0 saturated carbocycles. The maximum Gasteiger partial charge on any atom is 0.143 e. The Kier molecular flexibility index (Phi) is 1.77. The lowest BCUT2D eigenvalue weighted by molar-refractivity contribution is 1.30. The number of nitriles is 1. The van der Waals surface area contributed by atoms with Crippen LogP contribution in [0.4, 0.5) is 0 Å². The van der Waals surface area contributed by atoms with E-state index < -0.39 is 0 Å². The van der Waals surface area contributed by atoms with E-state index in [9.17, 15) is 0 Å². The van der Waals surface area contributed by atoms with Crippen molar-refractivity contribution in [2.24, 2.45) is 0 Å². The summed E-state index contributed by atoms with van der Waals surface area (Å²) in [5.74, 6) is 0. The van der Waals surface area contributed by atoms with E-state index in [0.717, 1.165) is 10.9 Å². The molecule has 46 valence electrons. The second kappa shape index (κ2) is 2.57. The molecule has 0 unspecified atom stereocenters. The molecule has 0 bridgehead atoms. The molecule has 0 amide bonds. The molecule has 0 aliphatic rings. The fourth-order valence-electron chi connectivity index (χ4n) is 0.832. The molecule has 1 rings (SSSR count). The molecule has 2 nitrogen and oxygen atoms in total. The van der Waals surface area contributed by atoms with E-state index in [1.54, 1.807) is 6.20 Å². The zero-order valence-corrected chi connectivity index (χ0v) is 6.05. The molecule has 10 heavy (non-hydrogen) atoms. The molecule has 0 N–H and O–H groups in total.